The lowest BCUT2D eigenvalue weighted by Crippen LogP contribution is -2.53. The van der Waals surface area contributed by atoms with E-state index in [1.165, 1.54) is 6.26 Å². The van der Waals surface area contributed by atoms with Crippen molar-refractivity contribution in [2.24, 2.45) is 0 Å². The Hall–Kier alpha value is -1.82. The van der Waals surface area contributed by atoms with Gasteiger partial charge in [0.05, 0.1) is 11.8 Å². The molecule has 0 aromatic carbocycles. The molecule has 6 heteroatoms. The number of ether oxygens (including phenoxy) is 1. The molecule has 1 aromatic heterocycles. The van der Waals surface area contributed by atoms with Crippen LogP contribution in [0.3, 0.4) is 0 Å². The van der Waals surface area contributed by atoms with E-state index in [9.17, 15) is 9.59 Å². The summed E-state index contributed by atoms with van der Waals surface area (Å²) in [6.07, 6.45) is 2.28. The van der Waals surface area contributed by atoms with E-state index >= 15 is 0 Å². The number of furan rings is 1. The minimum absolute atomic E-state index is 0.00302. The van der Waals surface area contributed by atoms with Gasteiger partial charge in [0.15, 0.2) is 0 Å². The molecule has 21 heavy (non-hydrogen) atoms. The van der Waals surface area contributed by atoms with Crippen LogP contribution in [-0.4, -0.2) is 60.0 Å². The molecule has 0 bridgehead atoms. The molecule has 1 aromatic rings. The van der Waals surface area contributed by atoms with Crippen LogP contribution in [0.25, 0.3) is 0 Å². The molecule has 6 nitrogen and oxygen atoms in total. The summed E-state index contributed by atoms with van der Waals surface area (Å²) in [5.41, 5.74) is 0.623. The Balaban J connectivity index is 1.59. The maximum absolute atomic E-state index is 12.4. The maximum Gasteiger partial charge on any atom is 0.323 e. The van der Waals surface area contributed by atoms with Crippen molar-refractivity contribution in [2.45, 2.75) is 32.4 Å². The van der Waals surface area contributed by atoms with Gasteiger partial charge in [-0.25, -0.2) is 0 Å². The van der Waals surface area contributed by atoms with Gasteiger partial charge in [-0.05, 0) is 19.9 Å². The summed E-state index contributed by atoms with van der Waals surface area (Å²) in [6.45, 7) is 6.37. The van der Waals surface area contributed by atoms with E-state index in [2.05, 4.69) is 4.90 Å². The second-order valence-corrected chi connectivity index (χ2v) is 5.72. The summed E-state index contributed by atoms with van der Waals surface area (Å²) < 4.78 is 10.4. The fraction of sp³-hybridized carbons (Fsp3) is 0.600. The van der Waals surface area contributed by atoms with Crippen molar-refractivity contribution >= 4 is 11.9 Å². The van der Waals surface area contributed by atoms with Gasteiger partial charge in [0.25, 0.3) is 5.91 Å². The Morgan fingerprint density at radius 1 is 1.29 bits per heavy atom. The summed E-state index contributed by atoms with van der Waals surface area (Å²) in [4.78, 5) is 28.1. The van der Waals surface area contributed by atoms with Crippen LogP contribution in [0.5, 0.6) is 0 Å². The number of hydrogen-bond donors (Lipinski definition) is 0. The molecule has 2 atom stereocenters. The number of cyclic esters (lactones) is 1. The molecule has 1 amide bonds. The number of amides is 1. The smallest absolute Gasteiger partial charge is 0.323 e. The molecule has 3 rings (SSSR count). The van der Waals surface area contributed by atoms with Crippen LogP contribution in [0, 0.1) is 6.92 Å². The van der Waals surface area contributed by atoms with E-state index in [0.717, 1.165) is 6.42 Å². The van der Waals surface area contributed by atoms with Gasteiger partial charge in [-0.3, -0.25) is 14.5 Å². The molecule has 0 spiro atoms. The fourth-order valence-corrected chi connectivity index (χ4v) is 3.05. The van der Waals surface area contributed by atoms with E-state index in [0.29, 0.717) is 37.5 Å². The first kappa shape index (κ1) is 14.1. The normalized spacial score (nSPS) is 27.0. The van der Waals surface area contributed by atoms with Crippen LogP contribution in [0.4, 0.5) is 0 Å². The van der Waals surface area contributed by atoms with Crippen molar-refractivity contribution in [2.75, 3.05) is 26.2 Å². The van der Waals surface area contributed by atoms with Gasteiger partial charge in [0.1, 0.15) is 17.9 Å². The number of nitrogens with zero attached hydrogens (tertiary/aromatic N) is 2. The Morgan fingerprint density at radius 2 is 2.00 bits per heavy atom. The molecule has 2 aliphatic heterocycles. The molecule has 114 valence electrons. The predicted octanol–water partition coefficient (Wildman–Crippen LogP) is 1.05. The van der Waals surface area contributed by atoms with E-state index in [1.54, 1.807) is 13.0 Å². The van der Waals surface area contributed by atoms with Crippen LogP contribution >= 0.6 is 0 Å². The van der Waals surface area contributed by atoms with Crippen molar-refractivity contribution in [1.29, 1.82) is 0 Å². The maximum atomic E-state index is 12.4. The van der Waals surface area contributed by atoms with Gasteiger partial charge in [-0.2, -0.15) is 0 Å². The largest absolute Gasteiger partial charge is 0.469 e. The standard InChI is InChI=1S/C15H20N2O4/c1-10-9-13(15(19)21-10)16-4-6-17(7-5-16)14(18)12-3-8-20-11(12)2/h3,8,10,13H,4-7,9H2,1-2H3/t10-,13+/m1/s1. The SMILES string of the molecule is Cc1occc1C(=O)N1CCN([C@H]2C[C@@H](C)OC2=O)CC1. The zero-order chi connectivity index (χ0) is 15.0. The average molecular weight is 292 g/mol. The van der Waals surface area contributed by atoms with E-state index in [1.807, 2.05) is 11.8 Å². The third-order valence-electron chi connectivity index (χ3n) is 4.28. The number of rotatable bonds is 2. The average Bonchev–Trinajstić information content (AvgIpc) is 3.04. The van der Waals surface area contributed by atoms with E-state index in [4.69, 9.17) is 9.15 Å². The first-order valence-electron chi connectivity index (χ1n) is 7.34. The van der Waals surface area contributed by atoms with Crippen molar-refractivity contribution in [3.8, 4) is 0 Å². The Labute approximate surface area is 123 Å². The van der Waals surface area contributed by atoms with E-state index < -0.39 is 0 Å². The summed E-state index contributed by atoms with van der Waals surface area (Å²) >= 11 is 0. The van der Waals surface area contributed by atoms with Crippen LogP contribution < -0.4 is 0 Å². The molecule has 0 aliphatic carbocycles. The first-order chi connectivity index (χ1) is 10.1. The number of piperazine rings is 1. The van der Waals surface area contributed by atoms with Gasteiger partial charge < -0.3 is 14.1 Å². The van der Waals surface area contributed by atoms with Gasteiger partial charge in [-0.15, -0.1) is 0 Å². The fourth-order valence-electron chi connectivity index (χ4n) is 3.05. The Kier molecular flexibility index (Phi) is 3.71. The lowest BCUT2D eigenvalue weighted by atomic mass is 10.1. The molecule has 3 heterocycles. The van der Waals surface area contributed by atoms with Gasteiger partial charge in [0.2, 0.25) is 0 Å². The molecular formula is C15H20N2O4. The zero-order valence-electron chi connectivity index (χ0n) is 12.4. The zero-order valence-corrected chi connectivity index (χ0v) is 12.4. The highest BCUT2D eigenvalue weighted by molar-refractivity contribution is 5.95. The topological polar surface area (TPSA) is 63.0 Å². The van der Waals surface area contributed by atoms with Gasteiger partial charge >= 0.3 is 5.97 Å². The number of carbonyl (C=O) groups excluding carboxylic acids is 2. The Bertz CT molecular complexity index is 546. The minimum atomic E-state index is -0.145. The highest BCUT2D eigenvalue weighted by Crippen LogP contribution is 2.22. The van der Waals surface area contributed by atoms with Crippen LogP contribution in [0.2, 0.25) is 0 Å². The third kappa shape index (κ3) is 2.68. The minimum Gasteiger partial charge on any atom is -0.469 e. The van der Waals surface area contributed by atoms with Crippen molar-refractivity contribution in [3.05, 3.63) is 23.7 Å². The molecular weight excluding hydrogens is 272 g/mol. The summed E-state index contributed by atoms with van der Waals surface area (Å²) in [5, 5.41) is 0. The first-order valence-corrected chi connectivity index (χ1v) is 7.34. The van der Waals surface area contributed by atoms with Crippen molar-refractivity contribution in [1.82, 2.24) is 9.80 Å². The second kappa shape index (κ2) is 5.52. The molecule has 0 saturated carbocycles. The van der Waals surface area contributed by atoms with Gasteiger partial charge in [0, 0.05) is 32.6 Å². The number of carbonyl (C=O) groups is 2. The molecule has 2 fully saturated rings. The van der Waals surface area contributed by atoms with Crippen molar-refractivity contribution in [3.63, 3.8) is 0 Å². The van der Waals surface area contributed by atoms with Crippen molar-refractivity contribution < 1.29 is 18.7 Å². The lowest BCUT2D eigenvalue weighted by molar-refractivity contribution is -0.145. The summed E-state index contributed by atoms with van der Waals surface area (Å²) in [7, 11) is 0. The monoisotopic (exact) mass is 292 g/mol. The lowest BCUT2D eigenvalue weighted by Gasteiger charge is -2.36. The highest BCUT2D eigenvalue weighted by Gasteiger charge is 2.38. The summed E-state index contributed by atoms with van der Waals surface area (Å²) in [5.74, 6) is 0.520. The van der Waals surface area contributed by atoms with Crippen LogP contribution in [0.1, 0.15) is 29.5 Å². The van der Waals surface area contributed by atoms with Crippen LogP contribution in [-0.2, 0) is 9.53 Å². The quantitative estimate of drug-likeness (QED) is 0.762. The Morgan fingerprint density at radius 3 is 2.52 bits per heavy atom. The highest BCUT2D eigenvalue weighted by atomic mass is 16.6. The van der Waals surface area contributed by atoms with Gasteiger partial charge in [-0.1, -0.05) is 0 Å². The molecule has 0 radical (unpaired) electrons. The molecule has 2 saturated heterocycles. The number of aryl methyl sites for hydroxylation is 1. The molecule has 0 N–H and O–H groups in total. The second-order valence-electron chi connectivity index (χ2n) is 5.72. The predicted molar refractivity (Wildman–Crippen MR) is 74.9 cm³/mol. The number of hydrogen-bond acceptors (Lipinski definition) is 5. The summed E-state index contributed by atoms with van der Waals surface area (Å²) in [6, 6.07) is 1.56. The third-order valence-corrected chi connectivity index (χ3v) is 4.28. The van der Waals surface area contributed by atoms with E-state index in [-0.39, 0.29) is 24.0 Å². The van der Waals surface area contributed by atoms with Crippen LogP contribution in [0.15, 0.2) is 16.7 Å². The molecule has 0 unspecified atom stereocenters. The molecule has 2 aliphatic rings. The number of esters is 1.